The van der Waals surface area contributed by atoms with Crippen LogP contribution in [0.4, 0.5) is 23.0 Å². The molecule has 28 heavy (non-hydrogen) atoms. The summed E-state index contributed by atoms with van der Waals surface area (Å²) < 4.78 is 27.7. The van der Waals surface area contributed by atoms with Gasteiger partial charge in [-0.05, 0) is 48.0 Å². The summed E-state index contributed by atoms with van der Waals surface area (Å²) in [5.74, 6) is 0.540. The van der Waals surface area contributed by atoms with Crippen molar-refractivity contribution in [2.24, 2.45) is 0 Å². The van der Waals surface area contributed by atoms with E-state index >= 15 is 0 Å². The van der Waals surface area contributed by atoms with Gasteiger partial charge >= 0.3 is 0 Å². The third-order valence-corrected chi connectivity index (χ3v) is 5.74. The van der Waals surface area contributed by atoms with Gasteiger partial charge < -0.3 is 10.2 Å². The molecule has 0 unspecified atom stereocenters. The number of carbonyl (C=O) groups excluding carboxylic acids is 1. The minimum absolute atomic E-state index is 0.0648. The third kappa shape index (κ3) is 3.52. The smallest absolute Gasteiger partial charge is 0.263 e. The van der Waals surface area contributed by atoms with Crippen molar-refractivity contribution in [2.75, 3.05) is 22.0 Å². The van der Waals surface area contributed by atoms with E-state index in [9.17, 15) is 13.2 Å². The largest absolute Gasteiger partial charge is 0.328 e. The number of rotatable bonds is 5. The summed E-state index contributed by atoms with van der Waals surface area (Å²) in [4.78, 5) is 13.4. The maximum absolute atomic E-state index is 12.6. The van der Waals surface area contributed by atoms with E-state index in [0.29, 0.717) is 17.1 Å². The first kappa shape index (κ1) is 17.9. The number of sulfonamides is 1. The predicted octanol–water partition coefficient (Wildman–Crippen LogP) is 2.54. The number of amides is 1. The molecule has 4 rings (SSSR count). The summed E-state index contributed by atoms with van der Waals surface area (Å²) in [6.07, 6.45) is 0.166. The van der Waals surface area contributed by atoms with Crippen LogP contribution in [0, 0.1) is 0 Å². The molecule has 9 heteroatoms. The lowest BCUT2D eigenvalue weighted by atomic mass is 10.2. The Hall–Kier alpha value is -3.46. The molecular formula is C19H17N5O3S. The lowest BCUT2D eigenvalue weighted by Gasteiger charge is -2.17. The fourth-order valence-corrected chi connectivity index (χ4v) is 3.96. The maximum Gasteiger partial charge on any atom is 0.263 e. The quantitative estimate of drug-likeness (QED) is 0.688. The topological polar surface area (TPSA) is 104 Å². The number of nitrogens with one attached hydrogen (secondary N) is 2. The van der Waals surface area contributed by atoms with Crippen molar-refractivity contribution >= 4 is 38.9 Å². The molecule has 0 atom stereocenters. The van der Waals surface area contributed by atoms with E-state index in [1.165, 1.54) is 12.1 Å². The molecule has 0 saturated heterocycles. The summed E-state index contributed by atoms with van der Waals surface area (Å²) in [5, 5.41) is 10.7. The van der Waals surface area contributed by atoms with E-state index < -0.39 is 10.0 Å². The number of para-hydroxylation sites is 1. The number of anilines is 4. The van der Waals surface area contributed by atoms with E-state index in [0.717, 1.165) is 5.69 Å². The zero-order chi connectivity index (χ0) is 19.7. The van der Waals surface area contributed by atoms with Crippen molar-refractivity contribution in [1.82, 2.24) is 10.2 Å². The Kier molecular flexibility index (Phi) is 4.44. The van der Waals surface area contributed by atoms with E-state index in [-0.39, 0.29) is 23.0 Å². The van der Waals surface area contributed by atoms with E-state index in [2.05, 4.69) is 20.2 Å². The molecule has 0 aliphatic carbocycles. The van der Waals surface area contributed by atoms with Crippen molar-refractivity contribution in [2.45, 2.75) is 11.3 Å². The highest BCUT2D eigenvalue weighted by atomic mass is 32.2. The summed E-state index contributed by atoms with van der Waals surface area (Å²) in [5.41, 5.74) is 2.22. The second-order valence-electron chi connectivity index (χ2n) is 6.32. The van der Waals surface area contributed by atoms with Gasteiger partial charge in [-0.25, -0.2) is 8.42 Å². The maximum atomic E-state index is 12.6. The lowest BCUT2D eigenvalue weighted by Crippen LogP contribution is -2.16. The Bertz CT molecular complexity index is 1130. The highest BCUT2D eigenvalue weighted by Gasteiger charge is 2.22. The van der Waals surface area contributed by atoms with Crippen LogP contribution in [0.3, 0.4) is 0 Å². The van der Waals surface area contributed by atoms with Crippen molar-refractivity contribution in [3.05, 3.63) is 66.2 Å². The molecule has 1 aromatic heterocycles. The first-order valence-corrected chi connectivity index (χ1v) is 9.99. The molecule has 1 aliphatic rings. The SMILES string of the molecule is CN(c1ccccc1)c1ccc(NS(=O)(=O)c2ccc3c(c2)CC(=O)N3)nn1. The molecular weight excluding hydrogens is 378 g/mol. The van der Waals surface area contributed by atoms with Crippen LogP contribution in [0.5, 0.6) is 0 Å². The van der Waals surface area contributed by atoms with Gasteiger partial charge in [-0.2, -0.15) is 0 Å². The molecule has 0 saturated carbocycles. The molecule has 0 fully saturated rings. The fourth-order valence-electron chi connectivity index (χ4n) is 2.91. The molecule has 8 nitrogen and oxygen atoms in total. The van der Waals surface area contributed by atoms with Crippen molar-refractivity contribution in [3.63, 3.8) is 0 Å². The van der Waals surface area contributed by atoms with Gasteiger partial charge in [-0.15, -0.1) is 10.2 Å². The van der Waals surface area contributed by atoms with Gasteiger partial charge in [0.25, 0.3) is 10.0 Å². The summed E-state index contributed by atoms with van der Waals surface area (Å²) in [7, 11) is -1.99. The molecule has 1 aliphatic heterocycles. The van der Waals surface area contributed by atoms with Crippen molar-refractivity contribution in [3.8, 4) is 0 Å². The van der Waals surface area contributed by atoms with Crippen LogP contribution in [0.2, 0.25) is 0 Å². The third-order valence-electron chi connectivity index (χ3n) is 4.39. The van der Waals surface area contributed by atoms with Crippen LogP contribution in [0.1, 0.15) is 5.56 Å². The lowest BCUT2D eigenvalue weighted by molar-refractivity contribution is -0.115. The standard InChI is InChI=1S/C19H17N5O3S/c1-24(14-5-3-2-4-6-14)18-10-9-17(21-22-18)23-28(26,27)15-7-8-16-13(11-15)12-19(25)20-16/h2-11H,12H2,1H3,(H,20,25)(H,21,23). The van der Waals surface area contributed by atoms with Crippen LogP contribution in [-0.4, -0.2) is 31.6 Å². The Morgan fingerprint density at radius 1 is 1.04 bits per heavy atom. The minimum atomic E-state index is -3.84. The average Bonchev–Trinajstić information content (AvgIpc) is 3.07. The zero-order valence-electron chi connectivity index (χ0n) is 15.0. The van der Waals surface area contributed by atoms with E-state index in [1.54, 1.807) is 18.2 Å². The first-order valence-electron chi connectivity index (χ1n) is 8.50. The molecule has 0 spiro atoms. The highest BCUT2D eigenvalue weighted by molar-refractivity contribution is 7.92. The van der Waals surface area contributed by atoms with Crippen molar-refractivity contribution < 1.29 is 13.2 Å². The normalized spacial score (nSPS) is 13.0. The average molecular weight is 395 g/mol. The van der Waals surface area contributed by atoms with Gasteiger partial charge in [0, 0.05) is 18.4 Å². The van der Waals surface area contributed by atoms with Gasteiger partial charge in [0.2, 0.25) is 5.91 Å². The first-order chi connectivity index (χ1) is 13.4. The number of hydrogen-bond acceptors (Lipinski definition) is 6. The summed E-state index contributed by atoms with van der Waals surface area (Å²) >= 11 is 0. The predicted molar refractivity (Wildman–Crippen MR) is 106 cm³/mol. The molecule has 3 aromatic rings. The van der Waals surface area contributed by atoms with Gasteiger partial charge in [0.05, 0.1) is 11.3 Å². The van der Waals surface area contributed by atoms with E-state index in [1.807, 2.05) is 42.3 Å². The van der Waals surface area contributed by atoms with Crippen LogP contribution >= 0.6 is 0 Å². The fraction of sp³-hybridized carbons (Fsp3) is 0.105. The second kappa shape index (κ2) is 6.93. The Labute approximate surface area is 162 Å². The number of carbonyl (C=O) groups is 1. The number of hydrogen-bond donors (Lipinski definition) is 2. The minimum Gasteiger partial charge on any atom is -0.328 e. The number of aromatic nitrogens is 2. The van der Waals surface area contributed by atoms with Crippen LogP contribution in [0.15, 0.2) is 65.6 Å². The Balaban J connectivity index is 1.53. The number of fused-ring (bicyclic) bond motifs is 1. The van der Waals surface area contributed by atoms with Gasteiger partial charge in [-0.3, -0.25) is 9.52 Å². The molecule has 142 valence electrons. The zero-order valence-corrected chi connectivity index (χ0v) is 15.8. The summed E-state index contributed by atoms with van der Waals surface area (Å²) in [6.45, 7) is 0. The molecule has 0 bridgehead atoms. The van der Waals surface area contributed by atoms with Crippen LogP contribution < -0.4 is 14.9 Å². The van der Waals surface area contributed by atoms with Gasteiger partial charge in [-0.1, -0.05) is 18.2 Å². The summed E-state index contributed by atoms with van der Waals surface area (Å²) in [6, 6.07) is 17.4. The highest BCUT2D eigenvalue weighted by Crippen LogP contribution is 2.27. The molecule has 2 N–H and O–H groups in total. The van der Waals surface area contributed by atoms with Crippen LogP contribution in [0.25, 0.3) is 0 Å². The Morgan fingerprint density at radius 3 is 2.54 bits per heavy atom. The Morgan fingerprint density at radius 2 is 1.82 bits per heavy atom. The molecule has 2 aromatic carbocycles. The van der Waals surface area contributed by atoms with Crippen LogP contribution in [-0.2, 0) is 21.2 Å². The van der Waals surface area contributed by atoms with Gasteiger partial charge in [0.1, 0.15) is 0 Å². The molecule has 1 amide bonds. The monoisotopic (exact) mass is 395 g/mol. The number of nitrogens with zero attached hydrogens (tertiary/aromatic N) is 3. The number of benzene rings is 2. The molecule has 2 heterocycles. The van der Waals surface area contributed by atoms with Gasteiger partial charge in [0.15, 0.2) is 11.6 Å². The van der Waals surface area contributed by atoms with Crippen molar-refractivity contribution in [1.29, 1.82) is 0 Å². The van der Waals surface area contributed by atoms with E-state index in [4.69, 9.17) is 0 Å². The molecule has 0 radical (unpaired) electrons. The second-order valence-corrected chi connectivity index (χ2v) is 8.00.